The summed E-state index contributed by atoms with van der Waals surface area (Å²) >= 11 is 1.59. The van der Waals surface area contributed by atoms with E-state index in [9.17, 15) is 9.18 Å². The number of likely N-dealkylation sites (tertiary alicyclic amines) is 1. The Balaban J connectivity index is 1.61. The van der Waals surface area contributed by atoms with Gasteiger partial charge < -0.3 is 4.90 Å². The molecule has 0 radical (unpaired) electrons. The molecule has 4 rings (SSSR count). The lowest BCUT2D eigenvalue weighted by Gasteiger charge is -2.35. The van der Waals surface area contributed by atoms with Crippen molar-refractivity contribution in [2.24, 2.45) is 0 Å². The predicted molar refractivity (Wildman–Crippen MR) is 95.9 cm³/mol. The van der Waals surface area contributed by atoms with E-state index in [4.69, 9.17) is 0 Å². The first kappa shape index (κ1) is 16.0. The Morgan fingerprint density at radius 3 is 3.00 bits per heavy atom. The molecule has 1 N–H and O–H groups in total. The lowest BCUT2D eigenvalue weighted by Crippen LogP contribution is -2.38. The van der Waals surface area contributed by atoms with E-state index in [2.05, 4.69) is 10.2 Å². The van der Waals surface area contributed by atoms with E-state index in [0.29, 0.717) is 12.2 Å². The molecular formula is C19H18FN3OS. The third-order valence-corrected chi connectivity index (χ3v) is 5.31. The number of nitrogens with one attached hydrogen (secondary N) is 1. The summed E-state index contributed by atoms with van der Waals surface area (Å²) in [7, 11) is 0. The van der Waals surface area contributed by atoms with Gasteiger partial charge in [-0.3, -0.25) is 9.89 Å². The van der Waals surface area contributed by atoms with Gasteiger partial charge in [0, 0.05) is 17.5 Å². The van der Waals surface area contributed by atoms with Crippen molar-refractivity contribution in [3.63, 3.8) is 0 Å². The Morgan fingerprint density at radius 2 is 2.20 bits per heavy atom. The minimum absolute atomic E-state index is 0.0806. The summed E-state index contributed by atoms with van der Waals surface area (Å²) in [5.41, 5.74) is 3.10. The van der Waals surface area contributed by atoms with Gasteiger partial charge in [-0.2, -0.15) is 16.4 Å². The van der Waals surface area contributed by atoms with Crippen LogP contribution >= 0.6 is 11.3 Å². The van der Waals surface area contributed by atoms with E-state index in [-0.39, 0.29) is 17.8 Å². The Hall–Kier alpha value is -2.47. The van der Waals surface area contributed by atoms with E-state index in [1.807, 2.05) is 27.8 Å². The molecule has 0 spiro atoms. The number of aromatic nitrogens is 2. The van der Waals surface area contributed by atoms with E-state index in [1.54, 1.807) is 23.5 Å². The molecule has 0 saturated carbocycles. The average Bonchev–Trinajstić information content (AvgIpc) is 3.32. The molecule has 1 aliphatic rings. The molecule has 1 fully saturated rings. The van der Waals surface area contributed by atoms with Gasteiger partial charge in [0.1, 0.15) is 11.5 Å². The number of hydrogen-bond acceptors (Lipinski definition) is 3. The lowest BCUT2D eigenvalue weighted by atomic mass is 9.95. The quantitative estimate of drug-likeness (QED) is 0.744. The summed E-state index contributed by atoms with van der Waals surface area (Å²) in [5.74, 6) is -0.348. The van der Waals surface area contributed by atoms with Crippen LogP contribution in [0.1, 0.15) is 41.4 Å². The zero-order valence-electron chi connectivity index (χ0n) is 13.6. The van der Waals surface area contributed by atoms with Crippen molar-refractivity contribution in [3.8, 4) is 11.3 Å². The van der Waals surface area contributed by atoms with Crippen LogP contribution in [0.4, 0.5) is 4.39 Å². The average molecular weight is 355 g/mol. The standard InChI is InChI=1S/C19H18FN3OS/c20-15-5-3-4-13(10-15)18-6-1-2-8-23(18)19(24)17-11-16(21-22-17)14-7-9-25-12-14/h3-5,7,9-12,18H,1-2,6,8H2,(H,21,22)/t18-/m1/s1. The molecule has 1 aliphatic heterocycles. The minimum atomic E-state index is -0.267. The Kier molecular flexibility index (Phi) is 4.36. The SMILES string of the molecule is O=C(c1cc(-c2ccsc2)n[nH]1)N1CCCC[C@@H]1c1cccc(F)c1. The summed E-state index contributed by atoms with van der Waals surface area (Å²) in [4.78, 5) is 14.9. The first-order valence-electron chi connectivity index (χ1n) is 8.37. The highest BCUT2D eigenvalue weighted by Gasteiger charge is 2.30. The summed E-state index contributed by atoms with van der Waals surface area (Å²) in [6.45, 7) is 0.673. The number of nitrogens with zero attached hydrogens (tertiary/aromatic N) is 2. The lowest BCUT2D eigenvalue weighted by molar-refractivity contribution is 0.0605. The Labute approximate surface area is 149 Å². The fourth-order valence-corrected chi connectivity index (χ4v) is 4.03. The van der Waals surface area contributed by atoms with Crippen LogP contribution in [-0.4, -0.2) is 27.5 Å². The predicted octanol–water partition coefficient (Wildman–Crippen LogP) is 4.64. The van der Waals surface area contributed by atoms with Gasteiger partial charge in [0.15, 0.2) is 0 Å². The number of thiophene rings is 1. The molecule has 1 aromatic carbocycles. The van der Waals surface area contributed by atoms with Crippen molar-refractivity contribution >= 4 is 17.2 Å². The molecule has 3 aromatic rings. The number of amides is 1. The van der Waals surface area contributed by atoms with Gasteiger partial charge in [0.05, 0.1) is 11.7 Å². The van der Waals surface area contributed by atoms with Crippen LogP contribution in [0.25, 0.3) is 11.3 Å². The van der Waals surface area contributed by atoms with Crippen molar-refractivity contribution < 1.29 is 9.18 Å². The summed E-state index contributed by atoms with van der Waals surface area (Å²) in [6.07, 6.45) is 2.85. The van der Waals surface area contributed by atoms with Crippen molar-refractivity contribution in [2.45, 2.75) is 25.3 Å². The highest BCUT2D eigenvalue weighted by molar-refractivity contribution is 7.08. The van der Waals surface area contributed by atoms with E-state index in [0.717, 1.165) is 36.1 Å². The second kappa shape index (κ2) is 6.80. The number of carbonyl (C=O) groups is 1. The first-order chi connectivity index (χ1) is 12.2. The van der Waals surface area contributed by atoms with Gasteiger partial charge in [-0.15, -0.1) is 0 Å². The third kappa shape index (κ3) is 3.22. The normalized spacial score (nSPS) is 17.6. The molecule has 0 bridgehead atoms. The summed E-state index contributed by atoms with van der Waals surface area (Å²) in [5, 5.41) is 11.1. The number of carbonyl (C=O) groups excluding carboxylic acids is 1. The highest BCUT2D eigenvalue weighted by atomic mass is 32.1. The van der Waals surface area contributed by atoms with Gasteiger partial charge in [0.25, 0.3) is 5.91 Å². The van der Waals surface area contributed by atoms with Gasteiger partial charge >= 0.3 is 0 Å². The molecule has 25 heavy (non-hydrogen) atoms. The van der Waals surface area contributed by atoms with Crippen LogP contribution in [-0.2, 0) is 0 Å². The van der Waals surface area contributed by atoms with Crippen molar-refractivity contribution in [1.29, 1.82) is 0 Å². The molecule has 2 aromatic heterocycles. The van der Waals surface area contributed by atoms with Crippen LogP contribution in [0.5, 0.6) is 0 Å². The number of aromatic amines is 1. The maximum absolute atomic E-state index is 13.6. The Bertz CT molecular complexity index is 874. The maximum Gasteiger partial charge on any atom is 0.272 e. The van der Waals surface area contributed by atoms with Crippen LogP contribution in [0, 0.1) is 5.82 Å². The van der Waals surface area contributed by atoms with E-state index < -0.39 is 0 Å². The van der Waals surface area contributed by atoms with Crippen LogP contribution in [0.15, 0.2) is 47.2 Å². The number of benzene rings is 1. The Morgan fingerprint density at radius 1 is 1.28 bits per heavy atom. The summed E-state index contributed by atoms with van der Waals surface area (Å²) in [6, 6.07) is 10.2. The highest BCUT2D eigenvalue weighted by Crippen LogP contribution is 2.32. The monoisotopic (exact) mass is 355 g/mol. The topological polar surface area (TPSA) is 49.0 Å². The number of H-pyrrole nitrogens is 1. The van der Waals surface area contributed by atoms with Crippen LogP contribution < -0.4 is 0 Å². The van der Waals surface area contributed by atoms with Gasteiger partial charge in [0.2, 0.25) is 0 Å². The molecule has 0 aliphatic carbocycles. The van der Waals surface area contributed by atoms with Gasteiger partial charge in [-0.25, -0.2) is 4.39 Å². The fraction of sp³-hybridized carbons (Fsp3) is 0.263. The molecule has 4 nitrogen and oxygen atoms in total. The number of halogens is 1. The molecule has 128 valence electrons. The van der Waals surface area contributed by atoms with Gasteiger partial charge in [-0.05, 0) is 54.5 Å². The van der Waals surface area contributed by atoms with E-state index in [1.165, 1.54) is 12.1 Å². The fourth-order valence-electron chi connectivity index (χ4n) is 3.38. The number of hydrogen-bond donors (Lipinski definition) is 1. The largest absolute Gasteiger partial charge is 0.330 e. The first-order valence-corrected chi connectivity index (χ1v) is 9.31. The number of rotatable bonds is 3. The summed E-state index contributed by atoms with van der Waals surface area (Å²) < 4.78 is 13.6. The van der Waals surface area contributed by atoms with Crippen molar-refractivity contribution in [2.75, 3.05) is 6.54 Å². The zero-order valence-corrected chi connectivity index (χ0v) is 14.4. The van der Waals surface area contributed by atoms with Crippen LogP contribution in [0.3, 0.4) is 0 Å². The van der Waals surface area contributed by atoms with E-state index >= 15 is 0 Å². The minimum Gasteiger partial charge on any atom is -0.330 e. The second-order valence-corrected chi connectivity index (χ2v) is 7.02. The molecule has 6 heteroatoms. The van der Waals surface area contributed by atoms with Crippen LogP contribution in [0.2, 0.25) is 0 Å². The molecule has 0 unspecified atom stereocenters. The molecule has 1 amide bonds. The second-order valence-electron chi connectivity index (χ2n) is 6.24. The number of piperidine rings is 1. The molecule has 3 heterocycles. The molecule has 1 saturated heterocycles. The van der Waals surface area contributed by atoms with Crippen molar-refractivity contribution in [3.05, 3.63) is 64.2 Å². The smallest absolute Gasteiger partial charge is 0.272 e. The van der Waals surface area contributed by atoms with Crippen molar-refractivity contribution in [1.82, 2.24) is 15.1 Å². The maximum atomic E-state index is 13.6. The molecular weight excluding hydrogens is 337 g/mol. The third-order valence-electron chi connectivity index (χ3n) is 4.62. The molecule has 1 atom stereocenters. The van der Waals surface area contributed by atoms with Gasteiger partial charge in [-0.1, -0.05) is 12.1 Å². The zero-order chi connectivity index (χ0) is 17.2.